The van der Waals surface area contributed by atoms with Gasteiger partial charge in [0.15, 0.2) is 0 Å². The summed E-state index contributed by atoms with van der Waals surface area (Å²) in [6.07, 6.45) is -1.69. The summed E-state index contributed by atoms with van der Waals surface area (Å²) in [7, 11) is 0. The lowest BCUT2D eigenvalue weighted by atomic mass is 9.82. The molecule has 2 N–H and O–H groups in total. The van der Waals surface area contributed by atoms with Crippen LogP contribution in [0.25, 0.3) is 0 Å². The molecule has 5 atom stereocenters. The Labute approximate surface area is 172 Å². The molecule has 2 aliphatic heterocycles. The highest BCUT2D eigenvalue weighted by Gasteiger charge is 2.51. The second-order valence-electron chi connectivity index (χ2n) is 7.23. The van der Waals surface area contributed by atoms with E-state index >= 15 is 0 Å². The van der Waals surface area contributed by atoms with E-state index in [1.807, 2.05) is 25.1 Å². The third-order valence-corrected chi connectivity index (χ3v) is 6.19. The van der Waals surface area contributed by atoms with Crippen molar-refractivity contribution < 1.29 is 19.7 Å². The van der Waals surface area contributed by atoms with Gasteiger partial charge in [-0.1, -0.05) is 59.9 Å². The van der Waals surface area contributed by atoms with Crippen LogP contribution in [0.5, 0.6) is 5.75 Å². The quantitative estimate of drug-likeness (QED) is 0.644. The molecule has 144 valence electrons. The molecule has 1 fully saturated rings. The van der Waals surface area contributed by atoms with Gasteiger partial charge in [-0.05, 0) is 23.8 Å². The molecule has 0 unspecified atom stereocenters. The fraction of sp³-hybridized carbons (Fsp3) is 0.400. The predicted octanol–water partition coefficient (Wildman–Crippen LogP) is 5.32. The minimum Gasteiger partial charge on any atom is -0.460 e. The molecule has 2 aromatic carbocycles. The van der Waals surface area contributed by atoms with Crippen LogP contribution in [-0.2, 0) is 4.74 Å². The molecule has 4 rings (SSSR count). The summed E-state index contributed by atoms with van der Waals surface area (Å²) in [4.78, 5) is 0. The molecule has 0 bridgehead atoms. The van der Waals surface area contributed by atoms with Crippen molar-refractivity contribution in [2.24, 2.45) is 5.92 Å². The SMILES string of the molecule is C[C@@H]1[C@@H](O)C[C@@]2(C[C@H](O)c3cc(Cl)cc(Cl)c3O2)O[C@H]1c1ccccc1Cl. The van der Waals surface area contributed by atoms with Crippen LogP contribution < -0.4 is 4.74 Å². The van der Waals surface area contributed by atoms with E-state index in [2.05, 4.69) is 0 Å². The molecule has 0 saturated carbocycles. The van der Waals surface area contributed by atoms with Gasteiger partial charge in [0.2, 0.25) is 5.79 Å². The number of benzene rings is 2. The Bertz CT molecular complexity index is 874. The van der Waals surface area contributed by atoms with Crippen LogP contribution in [0.2, 0.25) is 15.1 Å². The summed E-state index contributed by atoms with van der Waals surface area (Å²) in [6, 6.07) is 10.6. The standard InChI is InChI=1S/C20H19Cl3O4/c1-10-16(24)8-20(26-18(10)12-4-2-3-5-14(12)22)9-17(25)13-6-11(21)7-15(23)19(13)27-20/h2-7,10,16-18,24-25H,8-9H2,1H3/t10-,16+,17+,18-,20-/m1/s1. The number of fused-ring (bicyclic) bond motifs is 1. The normalized spacial score (nSPS) is 32.8. The van der Waals surface area contributed by atoms with Crippen LogP contribution in [0.1, 0.15) is 43.1 Å². The minimum absolute atomic E-state index is 0.154. The Hall–Kier alpha value is -1.01. The zero-order chi connectivity index (χ0) is 19.3. The van der Waals surface area contributed by atoms with Gasteiger partial charge in [0.25, 0.3) is 0 Å². The van der Waals surface area contributed by atoms with Crippen molar-refractivity contribution in [3.8, 4) is 5.75 Å². The first-order chi connectivity index (χ1) is 12.8. The van der Waals surface area contributed by atoms with Gasteiger partial charge in [0.05, 0.1) is 23.3 Å². The highest BCUT2D eigenvalue weighted by Crippen LogP contribution is 2.52. The van der Waals surface area contributed by atoms with Crippen LogP contribution in [0, 0.1) is 5.92 Å². The highest BCUT2D eigenvalue weighted by molar-refractivity contribution is 6.35. The van der Waals surface area contributed by atoms with Crippen molar-refractivity contribution in [1.82, 2.24) is 0 Å². The Balaban J connectivity index is 1.74. The molecule has 1 saturated heterocycles. The maximum Gasteiger partial charge on any atom is 0.216 e. The molecule has 0 radical (unpaired) electrons. The van der Waals surface area contributed by atoms with Gasteiger partial charge in [0, 0.05) is 34.4 Å². The Morgan fingerprint density at radius 2 is 1.74 bits per heavy atom. The average molecular weight is 430 g/mol. The highest BCUT2D eigenvalue weighted by atomic mass is 35.5. The number of aliphatic hydroxyl groups excluding tert-OH is 2. The molecule has 1 spiro atoms. The van der Waals surface area contributed by atoms with Gasteiger partial charge in [-0.15, -0.1) is 0 Å². The number of rotatable bonds is 1. The number of ether oxygens (including phenoxy) is 2. The Morgan fingerprint density at radius 1 is 1.00 bits per heavy atom. The van der Waals surface area contributed by atoms with Crippen molar-refractivity contribution in [2.75, 3.05) is 0 Å². The van der Waals surface area contributed by atoms with Crippen LogP contribution in [0.4, 0.5) is 0 Å². The molecule has 0 aromatic heterocycles. The minimum atomic E-state index is -1.21. The first kappa shape index (κ1) is 19.3. The smallest absolute Gasteiger partial charge is 0.216 e. The summed E-state index contributed by atoms with van der Waals surface area (Å²) >= 11 is 18.7. The lowest BCUT2D eigenvalue weighted by Gasteiger charge is -2.49. The van der Waals surface area contributed by atoms with Gasteiger partial charge in [0.1, 0.15) is 5.75 Å². The van der Waals surface area contributed by atoms with Crippen molar-refractivity contribution >= 4 is 34.8 Å². The van der Waals surface area contributed by atoms with Gasteiger partial charge < -0.3 is 19.7 Å². The molecule has 2 aliphatic rings. The third kappa shape index (κ3) is 3.44. The van der Waals surface area contributed by atoms with Crippen LogP contribution in [0.15, 0.2) is 36.4 Å². The average Bonchev–Trinajstić information content (AvgIpc) is 2.60. The van der Waals surface area contributed by atoms with Gasteiger partial charge in [-0.2, -0.15) is 0 Å². The van der Waals surface area contributed by atoms with Crippen molar-refractivity contribution in [1.29, 1.82) is 0 Å². The van der Waals surface area contributed by atoms with Crippen LogP contribution in [-0.4, -0.2) is 22.1 Å². The summed E-state index contributed by atoms with van der Waals surface area (Å²) in [5, 5.41) is 22.7. The van der Waals surface area contributed by atoms with E-state index in [4.69, 9.17) is 44.3 Å². The molecular formula is C20H19Cl3O4. The Morgan fingerprint density at radius 3 is 2.48 bits per heavy atom. The van der Waals surface area contributed by atoms with E-state index in [9.17, 15) is 10.2 Å². The second-order valence-corrected chi connectivity index (χ2v) is 8.48. The molecule has 27 heavy (non-hydrogen) atoms. The summed E-state index contributed by atoms with van der Waals surface area (Å²) < 4.78 is 12.5. The van der Waals surface area contributed by atoms with E-state index in [0.29, 0.717) is 26.4 Å². The zero-order valence-corrected chi connectivity index (χ0v) is 16.8. The lowest BCUT2D eigenvalue weighted by Crippen LogP contribution is -2.53. The predicted molar refractivity (Wildman–Crippen MR) is 104 cm³/mol. The van der Waals surface area contributed by atoms with E-state index in [1.165, 1.54) is 0 Å². The third-order valence-electron chi connectivity index (χ3n) is 5.35. The Kier molecular flexibility index (Phi) is 5.08. The maximum absolute atomic E-state index is 10.7. The number of aliphatic hydroxyl groups is 2. The molecule has 4 nitrogen and oxygen atoms in total. The zero-order valence-electron chi connectivity index (χ0n) is 14.5. The lowest BCUT2D eigenvalue weighted by molar-refractivity contribution is -0.292. The first-order valence-corrected chi connectivity index (χ1v) is 9.89. The van der Waals surface area contributed by atoms with E-state index in [1.54, 1.807) is 18.2 Å². The molecular weight excluding hydrogens is 411 g/mol. The maximum atomic E-state index is 10.7. The fourth-order valence-corrected chi connectivity index (χ4v) is 4.70. The van der Waals surface area contributed by atoms with E-state index in [-0.39, 0.29) is 18.8 Å². The van der Waals surface area contributed by atoms with Crippen LogP contribution >= 0.6 is 34.8 Å². The summed E-state index contributed by atoms with van der Waals surface area (Å²) in [5.74, 6) is -1.07. The topological polar surface area (TPSA) is 58.9 Å². The monoisotopic (exact) mass is 428 g/mol. The van der Waals surface area contributed by atoms with E-state index < -0.39 is 24.1 Å². The number of hydrogen-bond donors (Lipinski definition) is 2. The van der Waals surface area contributed by atoms with Crippen molar-refractivity contribution in [2.45, 2.75) is 43.9 Å². The van der Waals surface area contributed by atoms with Gasteiger partial charge in [-0.3, -0.25) is 0 Å². The van der Waals surface area contributed by atoms with Crippen molar-refractivity contribution in [3.05, 3.63) is 62.6 Å². The van der Waals surface area contributed by atoms with Gasteiger partial charge in [-0.25, -0.2) is 0 Å². The summed E-state index contributed by atoms with van der Waals surface area (Å²) in [5.41, 5.74) is 1.29. The number of halogens is 3. The van der Waals surface area contributed by atoms with Gasteiger partial charge >= 0.3 is 0 Å². The van der Waals surface area contributed by atoms with E-state index in [0.717, 1.165) is 5.56 Å². The first-order valence-electron chi connectivity index (χ1n) is 8.76. The largest absolute Gasteiger partial charge is 0.460 e. The molecule has 2 heterocycles. The summed E-state index contributed by atoms with van der Waals surface area (Å²) in [6.45, 7) is 1.91. The molecule has 0 amide bonds. The molecule has 0 aliphatic carbocycles. The fourth-order valence-electron chi connectivity index (χ4n) is 3.91. The molecule has 7 heteroatoms. The van der Waals surface area contributed by atoms with Crippen LogP contribution in [0.3, 0.4) is 0 Å². The second kappa shape index (κ2) is 7.11. The van der Waals surface area contributed by atoms with Crippen molar-refractivity contribution in [3.63, 3.8) is 0 Å². The number of hydrogen-bond acceptors (Lipinski definition) is 4. The molecule has 2 aromatic rings.